The Kier molecular flexibility index (Phi) is 5.69. The van der Waals surface area contributed by atoms with E-state index < -0.39 is 5.60 Å². The molecule has 2 N–H and O–H groups in total. The van der Waals surface area contributed by atoms with E-state index in [2.05, 4.69) is 21.2 Å². The van der Waals surface area contributed by atoms with E-state index in [9.17, 15) is 9.90 Å². The van der Waals surface area contributed by atoms with E-state index in [-0.39, 0.29) is 12.5 Å². The number of carbonyl (C=O) groups is 1. The minimum absolute atomic E-state index is 0.169. The van der Waals surface area contributed by atoms with Crippen LogP contribution in [-0.4, -0.2) is 35.2 Å². The number of amides is 1. The van der Waals surface area contributed by atoms with Crippen LogP contribution in [0.4, 0.5) is 0 Å². The van der Waals surface area contributed by atoms with Gasteiger partial charge in [-0.2, -0.15) is 11.8 Å². The molecule has 3 nitrogen and oxygen atoms in total. The summed E-state index contributed by atoms with van der Waals surface area (Å²) in [6, 6.07) is 5.45. The smallest absolute Gasteiger partial charge is 0.251 e. The highest BCUT2D eigenvalue weighted by molar-refractivity contribution is 9.10. The van der Waals surface area contributed by atoms with Crippen LogP contribution in [0.25, 0.3) is 0 Å². The van der Waals surface area contributed by atoms with Crippen molar-refractivity contribution in [2.45, 2.75) is 19.4 Å². The number of aliphatic hydroxyl groups is 1. The van der Waals surface area contributed by atoms with Crippen molar-refractivity contribution >= 4 is 33.6 Å². The van der Waals surface area contributed by atoms with Gasteiger partial charge < -0.3 is 10.4 Å². The van der Waals surface area contributed by atoms with Crippen LogP contribution in [0.3, 0.4) is 0 Å². The molecule has 5 heteroatoms. The number of nitrogens with one attached hydrogen (secondary N) is 1. The minimum Gasteiger partial charge on any atom is -0.387 e. The molecule has 1 rings (SSSR count). The van der Waals surface area contributed by atoms with Crippen molar-refractivity contribution in [3.63, 3.8) is 0 Å². The van der Waals surface area contributed by atoms with Crippen LogP contribution in [0.1, 0.15) is 22.8 Å². The second-order valence-electron chi connectivity index (χ2n) is 4.58. The second kappa shape index (κ2) is 6.59. The average Bonchev–Trinajstić information content (AvgIpc) is 2.30. The zero-order chi connectivity index (χ0) is 13.8. The molecule has 1 amide bonds. The molecule has 1 atom stereocenters. The van der Waals surface area contributed by atoms with Crippen molar-refractivity contribution in [2.24, 2.45) is 0 Å². The van der Waals surface area contributed by atoms with Crippen LogP contribution in [0.15, 0.2) is 22.7 Å². The third-order valence-corrected chi connectivity index (χ3v) is 4.28. The molecule has 100 valence electrons. The first-order chi connectivity index (χ1) is 8.35. The summed E-state index contributed by atoms with van der Waals surface area (Å²) in [5.74, 6) is 0.419. The molecule has 0 radical (unpaired) electrons. The average molecular weight is 332 g/mol. The molecule has 1 aromatic carbocycles. The molecule has 0 saturated carbocycles. The van der Waals surface area contributed by atoms with Gasteiger partial charge in [-0.25, -0.2) is 0 Å². The molecule has 1 aromatic rings. The zero-order valence-corrected chi connectivity index (χ0v) is 13.2. The van der Waals surface area contributed by atoms with Crippen LogP contribution in [0.2, 0.25) is 0 Å². The number of carbonyl (C=O) groups excluding carboxylic acids is 1. The van der Waals surface area contributed by atoms with Gasteiger partial charge in [0.15, 0.2) is 0 Å². The van der Waals surface area contributed by atoms with Crippen LogP contribution in [-0.2, 0) is 0 Å². The van der Waals surface area contributed by atoms with Gasteiger partial charge in [0.2, 0.25) is 0 Å². The molecule has 0 heterocycles. The maximum Gasteiger partial charge on any atom is 0.251 e. The van der Waals surface area contributed by atoms with E-state index in [1.54, 1.807) is 30.8 Å². The highest BCUT2D eigenvalue weighted by Crippen LogP contribution is 2.17. The maximum atomic E-state index is 11.9. The quantitative estimate of drug-likeness (QED) is 0.871. The first-order valence-electron chi connectivity index (χ1n) is 5.61. The van der Waals surface area contributed by atoms with Gasteiger partial charge in [0.05, 0.1) is 5.60 Å². The van der Waals surface area contributed by atoms with Crippen molar-refractivity contribution in [2.75, 3.05) is 18.6 Å². The summed E-state index contributed by atoms with van der Waals surface area (Å²) in [5.41, 5.74) is 0.796. The predicted octanol–water partition coefficient (Wildman–Crippen LogP) is 2.60. The molecule has 18 heavy (non-hydrogen) atoms. The van der Waals surface area contributed by atoms with Gasteiger partial charge in [-0.3, -0.25) is 4.79 Å². The molecule has 0 fully saturated rings. The van der Waals surface area contributed by atoms with E-state index in [0.29, 0.717) is 11.3 Å². The van der Waals surface area contributed by atoms with Crippen LogP contribution in [0.5, 0.6) is 0 Å². The van der Waals surface area contributed by atoms with Gasteiger partial charge in [-0.1, -0.05) is 22.0 Å². The summed E-state index contributed by atoms with van der Waals surface area (Å²) in [5, 5.41) is 12.7. The fourth-order valence-electron chi connectivity index (χ4n) is 1.47. The summed E-state index contributed by atoms with van der Waals surface area (Å²) >= 11 is 4.95. The Morgan fingerprint density at radius 1 is 1.56 bits per heavy atom. The van der Waals surface area contributed by atoms with Crippen LogP contribution < -0.4 is 5.32 Å². The monoisotopic (exact) mass is 331 g/mol. The molecule has 0 aliphatic heterocycles. The first kappa shape index (κ1) is 15.5. The summed E-state index contributed by atoms with van der Waals surface area (Å²) in [6.45, 7) is 3.93. The summed E-state index contributed by atoms with van der Waals surface area (Å²) in [4.78, 5) is 11.9. The lowest BCUT2D eigenvalue weighted by Crippen LogP contribution is -2.42. The standard InChI is InChI=1S/C13H18BrNO2S/c1-9-4-5-10(6-11(9)14)12(16)15-7-13(2,17)8-18-3/h4-6,17H,7-8H2,1-3H3,(H,15,16). The van der Waals surface area contributed by atoms with E-state index in [0.717, 1.165) is 10.0 Å². The van der Waals surface area contributed by atoms with E-state index in [4.69, 9.17) is 0 Å². The van der Waals surface area contributed by atoms with Crippen molar-refractivity contribution in [1.82, 2.24) is 5.32 Å². The van der Waals surface area contributed by atoms with Crippen molar-refractivity contribution < 1.29 is 9.90 Å². The van der Waals surface area contributed by atoms with Crippen molar-refractivity contribution in [3.05, 3.63) is 33.8 Å². The topological polar surface area (TPSA) is 49.3 Å². The lowest BCUT2D eigenvalue weighted by Gasteiger charge is -2.22. The SMILES string of the molecule is CSCC(C)(O)CNC(=O)c1ccc(C)c(Br)c1. The van der Waals surface area contributed by atoms with Crippen LogP contribution >= 0.6 is 27.7 Å². The largest absolute Gasteiger partial charge is 0.387 e. The Hall–Kier alpha value is -0.520. The highest BCUT2D eigenvalue weighted by atomic mass is 79.9. The van der Waals surface area contributed by atoms with Gasteiger partial charge in [0, 0.05) is 22.3 Å². The van der Waals surface area contributed by atoms with Gasteiger partial charge >= 0.3 is 0 Å². The first-order valence-corrected chi connectivity index (χ1v) is 7.80. The van der Waals surface area contributed by atoms with Crippen molar-refractivity contribution in [1.29, 1.82) is 0 Å². The van der Waals surface area contributed by atoms with Gasteiger partial charge in [0.1, 0.15) is 0 Å². The Labute approximate surface area is 120 Å². The zero-order valence-electron chi connectivity index (χ0n) is 10.8. The summed E-state index contributed by atoms with van der Waals surface area (Å²) in [6.07, 6.45) is 1.92. The number of rotatable bonds is 5. The Bertz CT molecular complexity index is 435. The van der Waals surface area contributed by atoms with Gasteiger partial charge in [0.25, 0.3) is 5.91 Å². The Morgan fingerprint density at radius 2 is 2.22 bits per heavy atom. The summed E-state index contributed by atoms with van der Waals surface area (Å²) < 4.78 is 0.908. The minimum atomic E-state index is -0.878. The number of aryl methyl sites for hydroxylation is 1. The molecule has 0 aliphatic rings. The number of halogens is 1. The lowest BCUT2D eigenvalue weighted by atomic mass is 10.1. The molecular formula is C13H18BrNO2S. The second-order valence-corrected chi connectivity index (χ2v) is 6.30. The van der Waals surface area contributed by atoms with Gasteiger partial charge in [-0.05, 0) is 37.8 Å². The number of benzene rings is 1. The molecule has 1 unspecified atom stereocenters. The number of thioether (sulfide) groups is 1. The third kappa shape index (κ3) is 4.63. The molecule has 0 bridgehead atoms. The Morgan fingerprint density at radius 3 is 2.78 bits per heavy atom. The molecule has 0 aliphatic carbocycles. The normalized spacial score (nSPS) is 14.1. The predicted molar refractivity (Wildman–Crippen MR) is 80.2 cm³/mol. The fraction of sp³-hybridized carbons (Fsp3) is 0.462. The van der Waals surface area contributed by atoms with Crippen LogP contribution in [0, 0.1) is 6.92 Å². The van der Waals surface area contributed by atoms with E-state index in [1.807, 2.05) is 19.2 Å². The highest BCUT2D eigenvalue weighted by Gasteiger charge is 2.20. The van der Waals surface area contributed by atoms with Crippen molar-refractivity contribution in [3.8, 4) is 0 Å². The number of hydrogen-bond donors (Lipinski definition) is 2. The lowest BCUT2D eigenvalue weighted by molar-refractivity contribution is 0.0725. The number of hydrogen-bond acceptors (Lipinski definition) is 3. The third-order valence-electron chi connectivity index (χ3n) is 2.52. The molecule has 0 aromatic heterocycles. The maximum absolute atomic E-state index is 11.9. The van der Waals surface area contributed by atoms with Gasteiger partial charge in [-0.15, -0.1) is 0 Å². The summed E-state index contributed by atoms with van der Waals surface area (Å²) in [7, 11) is 0. The molecular weight excluding hydrogens is 314 g/mol. The van der Waals surface area contributed by atoms with E-state index in [1.165, 1.54) is 0 Å². The van der Waals surface area contributed by atoms with E-state index >= 15 is 0 Å². The fourth-order valence-corrected chi connectivity index (χ4v) is 2.57. The molecule has 0 spiro atoms. The molecule has 0 saturated heterocycles. The Balaban J connectivity index is 2.63.